The molecule has 0 N–H and O–H groups in total. The Morgan fingerprint density at radius 2 is 0.727 bits per heavy atom. The van der Waals surface area contributed by atoms with Crippen molar-refractivity contribution in [2.75, 3.05) is 0 Å². The molecular weight excluding hydrogens is 685 g/mol. The van der Waals surface area contributed by atoms with E-state index in [0.29, 0.717) is 5.82 Å². The SMILES string of the molecule is c1ccc(-c2ccc(-c3cccc(-c4cc(-c5ccccc5)nc(-c5ccc6sc7cc8c9ccccc9c9ccccc9c8cc7c6c5)n4)c3)cc2)cc1. The average Bonchev–Trinajstić information content (AvgIpc) is 3.63. The Kier molecular flexibility index (Phi) is 7.39. The summed E-state index contributed by atoms with van der Waals surface area (Å²) in [6.07, 6.45) is 0. The van der Waals surface area contributed by atoms with E-state index in [1.54, 1.807) is 0 Å². The first-order valence-corrected chi connectivity index (χ1v) is 19.5. The van der Waals surface area contributed by atoms with Crippen molar-refractivity contribution in [3.63, 3.8) is 0 Å². The van der Waals surface area contributed by atoms with Gasteiger partial charge in [-0.3, -0.25) is 0 Å². The molecule has 2 nitrogen and oxygen atoms in total. The molecule has 256 valence electrons. The summed E-state index contributed by atoms with van der Waals surface area (Å²) in [5.41, 5.74) is 9.66. The Hall–Kier alpha value is -6.94. The molecule has 0 radical (unpaired) electrons. The van der Waals surface area contributed by atoms with Crippen molar-refractivity contribution in [2.45, 2.75) is 0 Å². The molecule has 0 bridgehead atoms. The quantitative estimate of drug-likeness (QED) is 0.166. The Morgan fingerprint density at radius 3 is 1.40 bits per heavy atom. The van der Waals surface area contributed by atoms with Crippen molar-refractivity contribution in [2.24, 2.45) is 0 Å². The first kappa shape index (κ1) is 31.6. The van der Waals surface area contributed by atoms with Gasteiger partial charge in [-0.2, -0.15) is 0 Å². The number of nitrogens with zero attached hydrogens (tertiary/aromatic N) is 2. The number of thiophene rings is 1. The van der Waals surface area contributed by atoms with E-state index < -0.39 is 0 Å². The second-order valence-corrected chi connectivity index (χ2v) is 15.2. The van der Waals surface area contributed by atoms with Gasteiger partial charge in [-0.25, -0.2) is 9.97 Å². The Labute approximate surface area is 322 Å². The third-order valence-electron chi connectivity index (χ3n) is 10.9. The molecule has 0 saturated carbocycles. The van der Waals surface area contributed by atoms with Gasteiger partial charge in [-0.15, -0.1) is 11.3 Å². The number of fused-ring (bicyclic) bond motifs is 9. The van der Waals surface area contributed by atoms with E-state index in [2.05, 4.69) is 188 Å². The van der Waals surface area contributed by atoms with E-state index in [4.69, 9.17) is 9.97 Å². The number of hydrogen-bond acceptors (Lipinski definition) is 3. The zero-order valence-electron chi connectivity index (χ0n) is 29.8. The molecule has 0 aliphatic carbocycles. The summed E-state index contributed by atoms with van der Waals surface area (Å²) < 4.78 is 2.54. The van der Waals surface area contributed by atoms with Crippen LogP contribution in [0.5, 0.6) is 0 Å². The lowest BCUT2D eigenvalue weighted by molar-refractivity contribution is 1.18. The molecule has 0 unspecified atom stereocenters. The molecule has 0 atom stereocenters. The van der Waals surface area contributed by atoms with Crippen LogP contribution in [0.3, 0.4) is 0 Å². The minimum atomic E-state index is 0.715. The second-order valence-electron chi connectivity index (χ2n) is 14.2. The summed E-state index contributed by atoms with van der Waals surface area (Å²) in [6.45, 7) is 0. The first-order chi connectivity index (χ1) is 27.2. The third-order valence-corrected chi connectivity index (χ3v) is 12.0. The van der Waals surface area contributed by atoms with E-state index in [1.165, 1.54) is 69.2 Å². The molecule has 0 spiro atoms. The molecule has 9 aromatic carbocycles. The Balaban J connectivity index is 1.05. The first-order valence-electron chi connectivity index (χ1n) is 18.6. The third kappa shape index (κ3) is 5.48. The smallest absolute Gasteiger partial charge is 0.160 e. The summed E-state index contributed by atoms with van der Waals surface area (Å²) in [4.78, 5) is 10.5. The molecule has 0 fully saturated rings. The van der Waals surface area contributed by atoms with Crippen LogP contribution >= 0.6 is 11.3 Å². The highest BCUT2D eigenvalue weighted by Crippen LogP contribution is 2.43. The van der Waals surface area contributed by atoms with Gasteiger partial charge in [0.05, 0.1) is 11.4 Å². The van der Waals surface area contributed by atoms with Crippen molar-refractivity contribution in [3.05, 3.63) is 194 Å². The fourth-order valence-electron chi connectivity index (χ4n) is 8.14. The predicted octanol–water partition coefficient (Wildman–Crippen LogP) is 14.6. The number of rotatable bonds is 5. The second kappa shape index (κ2) is 12.9. The maximum Gasteiger partial charge on any atom is 0.160 e. The minimum Gasteiger partial charge on any atom is -0.228 e. The molecule has 0 aliphatic heterocycles. The number of benzene rings is 9. The van der Waals surface area contributed by atoms with E-state index in [0.717, 1.165) is 33.6 Å². The monoisotopic (exact) mass is 716 g/mol. The number of hydrogen-bond donors (Lipinski definition) is 0. The lowest BCUT2D eigenvalue weighted by Crippen LogP contribution is -1.96. The zero-order valence-corrected chi connectivity index (χ0v) is 30.6. The van der Waals surface area contributed by atoms with Crippen LogP contribution < -0.4 is 0 Å². The molecule has 11 rings (SSSR count). The van der Waals surface area contributed by atoms with Crippen LogP contribution in [0, 0.1) is 0 Å². The van der Waals surface area contributed by atoms with Crippen molar-refractivity contribution in [3.8, 4) is 56.2 Å². The van der Waals surface area contributed by atoms with Crippen LogP contribution in [0.15, 0.2) is 194 Å². The zero-order chi connectivity index (χ0) is 36.3. The van der Waals surface area contributed by atoms with Gasteiger partial charge < -0.3 is 0 Å². The largest absolute Gasteiger partial charge is 0.228 e. The van der Waals surface area contributed by atoms with Gasteiger partial charge in [-0.05, 0) is 97.0 Å². The van der Waals surface area contributed by atoms with Gasteiger partial charge in [-0.1, -0.05) is 152 Å². The van der Waals surface area contributed by atoms with E-state index in [9.17, 15) is 0 Å². The average molecular weight is 717 g/mol. The van der Waals surface area contributed by atoms with Crippen molar-refractivity contribution < 1.29 is 0 Å². The summed E-state index contributed by atoms with van der Waals surface area (Å²) in [5, 5.41) is 10.2. The summed E-state index contributed by atoms with van der Waals surface area (Å²) in [5.74, 6) is 0.715. The topological polar surface area (TPSA) is 25.8 Å². The molecule has 11 aromatic rings. The molecule has 0 amide bonds. The minimum absolute atomic E-state index is 0.715. The van der Waals surface area contributed by atoms with Crippen molar-refractivity contribution >= 4 is 63.8 Å². The standard InChI is InChI=1S/C52H32N2S/c1-3-12-33(13-4-1)34-22-24-35(25-23-34)37-16-11-17-38(28-37)49-32-48(36-14-5-2-6-15-36)53-52(54-49)39-26-27-50-46(29-39)47-30-44-42-20-9-7-18-40(42)41-19-8-10-21-43(41)45(44)31-51(47)55-50/h1-32H. The van der Waals surface area contributed by atoms with Crippen LogP contribution in [0.4, 0.5) is 0 Å². The van der Waals surface area contributed by atoms with Crippen LogP contribution in [0.25, 0.3) is 109 Å². The Morgan fingerprint density at radius 1 is 0.255 bits per heavy atom. The molecule has 2 heterocycles. The molecule has 0 aliphatic rings. The molecular formula is C52H32N2S. The van der Waals surface area contributed by atoms with Gasteiger partial charge in [0.2, 0.25) is 0 Å². The molecule has 55 heavy (non-hydrogen) atoms. The molecule has 2 aromatic heterocycles. The fourth-order valence-corrected chi connectivity index (χ4v) is 9.25. The van der Waals surface area contributed by atoms with Crippen LogP contribution in [-0.2, 0) is 0 Å². The highest BCUT2D eigenvalue weighted by atomic mass is 32.1. The van der Waals surface area contributed by atoms with Crippen LogP contribution in [-0.4, -0.2) is 9.97 Å². The highest BCUT2D eigenvalue weighted by Gasteiger charge is 2.16. The summed E-state index contributed by atoms with van der Waals surface area (Å²) in [7, 11) is 0. The highest BCUT2D eigenvalue weighted by molar-refractivity contribution is 7.25. The van der Waals surface area contributed by atoms with Crippen LogP contribution in [0.1, 0.15) is 0 Å². The van der Waals surface area contributed by atoms with E-state index in [1.807, 2.05) is 17.4 Å². The van der Waals surface area contributed by atoms with Crippen molar-refractivity contribution in [1.82, 2.24) is 9.97 Å². The Bertz CT molecular complexity index is 3240. The van der Waals surface area contributed by atoms with Crippen LogP contribution in [0.2, 0.25) is 0 Å². The molecule has 0 saturated heterocycles. The normalized spacial score (nSPS) is 11.6. The van der Waals surface area contributed by atoms with Gasteiger partial charge in [0.25, 0.3) is 0 Å². The number of aromatic nitrogens is 2. The maximum atomic E-state index is 5.28. The molecule has 3 heteroatoms. The van der Waals surface area contributed by atoms with Gasteiger partial charge in [0, 0.05) is 36.9 Å². The van der Waals surface area contributed by atoms with E-state index in [-0.39, 0.29) is 0 Å². The fraction of sp³-hybridized carbons (Fsp3) is 0. The van der Waals surface area contributed by atoms with Gasteiger partial charge >= 0.3 is 0 Å². The predicted molar refractivity (Wildman–Crippen MR) is 235 cm³/mol. The van der Waals surface area contributed by atoms with E-state index >= 15 is 0 Å². The maximum absolute atomic E-state index is 5.28. The van der Waals surface area contributed by atoms with Crippen molar-refractivity contribution in [1.29, 1.82) is 0 Å². The summed E-state index contributed by atoms with van der Waals surface area (Å²) >= 11 is 1.85. The lowest BCUT2D eigenvalue weighted by Gasteiger charge is -2.11. The summed E-state index contributed by atoms with van der Waals surface area (Å²) in [6, 6.07) is 69.7. The van der Waals surface area contributed by atoms with Gasteiger partial charge in [0.15, 0.2) is 5.82 Å². The lowest BCUT2D eigenvalue weighted by atomic mass is 9.93. The van der Waals surface area contributed by atoms with Gasteiger partial charge in [0.1, 0.15) is 0 Å².